The van der Waals surface area contributed by atoms with Gasteiger partial charge in [-0.1, -0.05) is 43.7 Å². The summed E-state index contributed by atoms with van der Waals surface area (Å²) in [5.41, 5.74) is 2.70. The first-order valence-corrected chi connectivity index (χ1v) is 5.20. The summed E-state index contributed by atoms with van der Waals surface area (Å²) in [4.78, 5) is 0. The lowest BCUT2D eigenvalue weighted by molar-refractivity contribution is 0.162. The molecule has 0 fully saturated rings. The molecule has 0 aromatic heterocycles. The number of rotatable bonds is 4. The zero-order valence-electron chi connectivity index (χ0n) is 9.58. The lowest BCUT2D eigenvalue weighted by Crippen LogP contribution is -2.12. The van der Waals surface area contributed by atoms with Gasteiger partial charge in [-0.2, -0.15) is 0 Å². The van der Waals surface area contributed by atoms with Crippen LogP contribution in [-0.4, -0.2) is 13.7 Å². The fourth-order valence-corrected chi connectivity index (χ4v) is 1.67. The molecule has 1 nitrogen and oxygen atoms in total. The van der Waals surface area contributed by atoms with E-state index in [0.717, 1.165) is 6.61 Å². The molecule has 0 heterocycles. The average Bonchev–Trinajstić information content (AvgIpc) is 2.15. The minimum Gasteiger partial charge on any atom is -0.384 e. The highest BCUT2D eigenvalue weighted by Crippen LogP contribution is 2.24. The van der Waals surface area contributed by atoms with Gasteiger partial charge in [-0.25, -0.2) is 0 Å². The summed E-state index contributed by atoms with van der Waals surface area (Å²) in [6.07, 6.45) is 0. The summed E-state index contributed by atoms with van der Waals surface area (Å²) < 4.78 is 5.25. The largest absolute Gasteiger partial charge is 0.384 e. The van der Waals surface area contributed by atoms with Gasteiger partial charge in [0.2, 0.25) is 0 Å². The van der Waals surface area contributed by atoms with E-state index in [1.807, 2.05) is 0 Å². The summed E-state index contributed by atoms with van der Waals surface area (Å²) in [5.74, 6) is 1.14. The van der Waals surface area contributed by atoms with Crippen molar-refractivity contribution in [1.82, 2.24) is 0 Å². The van der Waals surface area contributed by atoms with Gasteiger partial charge in [0, 0.05) is 13.0 Å². The maximum Gasteiger partial charge on any atom is 0.0533 e. The van der Waals surface area contributed by atoms with Crippen LogP contribution >= 0.6 is 0 Å². The first-order chi connectivity index (χ1) is 6.65. The molecule has 14 heavy (non-hydrogen) atoms. The minimum atomic E-state index is 0.514. The molecule has 0 amide bonds. The SMILES string of the molecule is COCC(c1ccc(C)cc1)C(C)C. The Bertz CT molecular complexity index is 261. The third-order valence-corrected chi connectivity index (χ3v) is 2.66. The lowest BCUT2D eigenvalue weighted by Gasteiger charge is -2.20. The Labute approximate surface area is 87.1 Å². The molecule has 1 aromatic carbocycles. The number of aryl methyl sites for hydroxylation is 1. The molecule has 0 N–H and O–H groups in total. The van der Waals surface area contributed by atoms with Crippen LogP contribution in [-0.2, 0) is 4.74 Å². The molecule has 0 spiro atoms. The summed E-state index contributed by atoms with van der Waals surface area (Å²) >= 11 is 0. The fourth-order valence-electron chi connectivity index (χ4n) is 1.67. The molecule has 78 valence electrons. The van der Waals surface area contributed by atoms with E-state index in [1.54, 1.807) is 7.11 Å². The molecule has 0 bridgehead atoms. The highest BCUT2D eigenvalue weighted by molar-refractivity contribution is 5.24. The van der Waals surface area contributed by atoms with Gasteiger partial charge in [0.05, 0.1) is 6.61 Å². The van der Waals surface area contributed by atoms with Crippen molar-refractivity contribution in [3.63, 3.8) is 0 Å². The highest BCUT2D eigenvalue weighted by atomic mass is 16.5. The second-order valence-electron chi connectivity index (χ2n) is 4.22. The number of hydrogen-bond donors (Lipinski definition) is 0. The molecule has 1 unspecified atom stereocenters. The quantitative estimate of drug-likeness (QED) is 0.710. The van der Waals surface area contributed by atoms with Crippen molar-refractivity contribution in [2.24, 2.45) is 5.92 Å². The molecule has 0 aliphatic carbocycles. The average molecular weight is 192 g/mol. The number of benzene rings is 1. The first kappa shape index (κ1) is 11.3. The van der Waals surface area contributed by atoms with Crippen molar-refractivity contribution in [3.05, 3.63) is 35.4 Å². The second kappa shape index (κ2) is 5.16. The van der Waals surface area contributed by atoms with E-state index in [9.17, 15) is 0 Å². The molecule has 0 aliphatic rings. The zero-order chi connectivity index (χ0) is 10.6. The van der Waals surface area contributed by atoms with E-state index >= 15 is 0 Å². The lowest BCUT2D eigenvalue weighted by atomic mass is 9.89. The van der Waals surface area contributed by atoms with Gasteiger partial charge in [0.15, 0.2) is 0 Å². The van der Waals surface area contributed by atoms with Crippen LogP contribution in [0, 0.1) is 12.8 Å². The van der Waals surface area contributed by atoms with Crippen LogP contribution in [0.15, 0.2) is 24.3 Å². The van der Waals surface area contributed by atoms with Crippen molar-refractivity contribution in [2.75, 3.05) is 13.7 Å². The van der Waals surface area contributed by atoms with Gasteiger partial charge >= 0.3 is 0 Å². The van der Waals surface area contributed by atoms with Crippen LogP contribution in [0.2, 0.25) is 0 Å². The molecule has 0 saturated carbocycles. The van der Waals surface area contributed by atoms with Crippen LogP contribution in [0.25, 0.3) is 0 Å². The smallest absolute Gasteiger partial charge is 0.0533 e. The van der Waals surface area contributed by atoms with E-state index in [2.05, 4.69) is 45.0 Å². The summed E-state index contributed by atoms with van der Waals surface area (Å²) in [5, 5.41) is 0. The third kappa shape index (κ3) is 2.85. The second-order valence-corrected chi connectivity index (χ2v) is 4.22. The van der Waals surface area contributed by atoms with Gasteiger partial charge in [0.1, 0.15) is 0 Å². The molecule has 1 aromatic rings. The molecule has 1 rings (SSSR count). The van der Waals surface area contributed by atoms with Gasteiger partial charge in [-0.15, -0.1) is 0 Å². The van der Waals surface area contributed by atoms with Crippen molar-refractivity contribution in [1.29, 1.82) is 0 Å². The maximum absolute atomic E-state index is 5.25. The van der Waals surface area contributed by atoms with Crippen molar-refractivity contribution in [3.8, 4) is 0 Å². The van der Waals surface area contributed by atoms with Gasteiger partial charge < -0.3 is 4.74 Å². The Balaban J connectivity index is 2.82. The zero-order valence-corrected chi connectivity index (χ0v) is 9.58. The Morgan fingerprint density at radius 1 is 1.14 bits per heavy atom. The van der Waals surface area contributed by atoms with E-state index in [4.69, 9.17) is 4.74 Å². The summed E-state index contributed by atoms with van der Waals surface area (Å²) in [6.45, 7) is 7.40. The van der Waals surface area contributed by atoms with E-state index in [-0.39, 0.29) is 0 Å². The Kier molecular flexibility index (Phi) is 4.15. The number of hydrogen-bond acceptors (Lipinski definition) is 1. The fraction of sp³-hybridized carbons (Fsp3) is 0.538. The van der Waals surface area contributed by atoms with Crippen molar-refractivity contribution < 1.29 is 4.74 Å². The first-order valence-electron chi connectivity index (χ1n) is 5.20. The summed E-state index contributed by atoms with van der Waals surface area (Å²) in [7, 11) is 1.77. The highest BCUT2D eigenvalue weighted by Gasteiger charge is 2.14. The predicted molar refractivity (Wildman–Crippen MR) is 60.6 cm³/mol. The summed E-state index contributed by atoms with van der Waals surface area (Å²) in [6, 6.07) is 8.75. The van der Waals surface area contributed by atoms with Crippen molar-refractivity contribution >= 4 is 0 Å². The van der Waals surface area contributed by atoms with Gasteiger partial charge in [-0.3, -0.25) is 0 Å². The van der Waals surface area contributed by atoms with Gasteiger partial charge in [-0.05, 0) is 18.4 Å². The predicted octanol–water partition coefficient (Wildman–Crippen LogP) is 3.38. The molecular weight excluding hydrogens is 172 g/mol. The van der Waals surface area contributed by atoms with Crippen LogP contribution < -0.4 is 0 Å². The topological polar surface area (TPSA) is 9.23 Å². The van der Waals surface area contributed by atoms with E-state index < -0.39 is 0 Å². The Morgan fingerprint density at radius 3 is 2.14 bits per heavy atom. The Hall–Kier alpha value is -0.820. The van der Waals surface area contributed by atoms with E-state index in [1.165, 1.54) is 11.1 Å². The van der Waals surface area contributed by atoms with Gasteiger partial charge in [0.25, 0.3) is 0 Å². The van der Waals surface area contributed by atoms with Crippen LogP contribution in [0.5, 0.6) is 0 Å². The monoisotopic (exact) mass is 192 g/mol. The van der Waals surface area contributed by atoms with Crippen LogP contribution in [0.1, 0.15) is 30.9 Å². The van der Waals surface area contributed by atoms with Crippen LogP contribution in [0.4, 0.5) is 0 Å². The normalized spacial score (nSPS) is 13.2. The molecule has 0 aliphatic heterocycles. The minimum absolute atomic E-state index is 0.514. The Morgan fingerprint density at radius 2 is 1.71 bits per heavy atom. The molecule has 1 atom stereocenters. The molecule has 0 radical (unpaired) electrons. The third-order valence-electron chi connectivity index (χ3n) is 2.66. The van der Waals surface area contributed by atoms with E-state index in [0.29, 0.717) is 11.8 Å². The molecular formula is C13H20O. The van der Waals surface area contributed by atoms with Crippen LogP contribution in [0.3, 0.4) is 0 Å². The molecule has 1 heteroatoms. The van der Waals surface area contributed by atoms with Crippen molar-refractivity contribution in [2.45, 2.75) is 26.7 Å². The number of ether oxygens (including phenoxy) is 1. The standard InChI is InChI=1S/C13H20O/c1-10(2)13(9-14-4)12-7-5-11(3)6-8-12/h5-8,10,13H,9H2,1-4H3. The maximum atomic E-state index is 5.25. The molecule has 0 saturated heterocycles. The number of methoxy groups -OCH3 is 1.